The van der Waals surface area contributed by atoms with Gasteiger partial charge in [-0.1, -0.05) is 36.4 Å². The minimum absolute atomic E-state index is 0.131. The number of nitrogens with zero attached hydrogens (tertiary/aromatic N) is 2. The van der Waals surface area contributed by atoms with Crippen LogP contribution >= 0.6 is 0 Å². The first-order valence-corrected chi connectivity index (χ1v) is 10.0. The van der Waals surface area contributed by atoms with E-state index in [4.69, 9.17) is 0 Å². The molecule has 0 aliphatic carbocycles. The number of carbonyl (C=O) groups excluding carboxylic acids is 2. The number of hydrogen-bond acceptors (Lipinski definition) is 6. The molecule has 0 atom stereocenters. The Bertz CT molecular complexity index is 852. The molecule has 2 amide bonds. The number of anilines is 2. The van der Waals surface area contributed by atoms with Crippen LogP contribution in [0.2, 0.25) is 0 Å². The molecular formula is C23H28N2O6. The molecule has 0 saturated carbocycles. The smallest absolute Gasteiger partial charge is 0.262 e. The molecule has 1 fully saturated rings. The first kappa shape index (κ1) is 22.9. The summed E-state index contributed by atoms with van der Waals surface area (Å²) < 4.78 is 0. The van der Waals surface area contributed by atoms with Crippen molar-refractivity contribution in [2.24, 2.45) is 5.41 Å². The van der Waals surface area contributed by atoms with Crippen LogP contribution in [0.1, 0.15) is 40.5 Å². The highest BCUT2D eigenvalue weighted by atomic mass is 17.1. The second-order valence-electron chi connectivity index (χ2n) is 9.04. The molecule has 3 rings (SSSR count). The van der Waals surface area contributed by atoms with Crippen LogP contribution in [-0.4, -0.2) is 33.5 Å². The van der Waals surface area contributed by atoms with Crippen molar-refractivity contribution in [3.63, 3.8) is 0 Å². The monoisotopic (exact) mass is 428 g/mol. The van der Waals surface area contributed by atoms with Gasteiger partial charge in [-0.25, -0.2) is 19.8 Å². The lowest BCUT2D eigenvalue weighted by Gasteiger charge is -2.35. The van der Waals surface area contributed by atoms with E-state index in [1.54, 1.807) is 76.2 Å². The number of hydrogen-bond donors (Lipinski definition) is 2. The minimum atomic E-state index is -1.66. The standard InChI is InChI=1S/C23H28N2O6/c1-21(2,30-28)15-23(16-22(3,4)31-29)19(26)24(17-11-7-5-8-12-17)25(20(23)27)18-13-9-6-10-14-18/h5-14,28-29H,15-16H2,1-4H3. The predicted octanol–water partition coefficient (Wildman–Crippen LogP) is 4.28. The Balaban J connectivity index is 2.22. The van der Waals surface area contributed by atoms with E-state index in [0.717, 1.165) is 0 Å². The highest BCUT2D eigenvalue weighted by Crippen LogP contribution is 2.48. The quantitative estimate of drug-likeness (QED) is 0.370. The lowest BCUT2D eigenvalue weighted by Crippen LogP contribution is -2.48. The van der Waals surface area contributed by atoms with Gasteiger partial charge in [0, 0.05) is 12.8 Å². The van der Waals surface area contributed by atoms with Crippen molar-refractivity contribution in [2.75, 3.05) is 10.0 Å². The molecule has 0 bridgehead atoms. The summed E-state index contributed by atoms with van der Waals surface area (Å²) in [4.78, 5) is 37.2. The number of rotatable bonds is 8. The Morgan fingerprint density at radius 2 is 1.03 bits per heavy atom. The highest BCUT2D eigenvalue weighted by Gasteiger charge is 2.63. The minimum Gasteiger partial charge on any atom is -0.271 e. The van der Waals surface area contributed by atoms with Crippen molar-refractivity contribution in [2.45, 2.75) is 51.7 Å². The summed E-state index contributed by atoms with van der Waals surface area (Å²) in [7, 11) is 0. The Morgan fingerprint density at radius 3 is 1.32 bits per heavy atom. The van der Waals surface area contributed by atoms with Crippen molar-refractivity contribution in [1.82, 2.24) is 0 Å². The van der Waals surface area contributed by atoms with E-state index in [1.165, 1.54) is 10.0 Å². The maximum absolute atomic E-state index is 14.0. The van der Waals surface area contributed by atoms with Gasteiger partial charge in [-0.15, -0.1) is 0 Å². The summed E-state index contributed by atoms with van der Waals surface area (Å²) >= 11 is 0. The molecule has 166 valence electrons. The van der Waals surface area contributed by atoms with Crippen molar-refractivity contribution in [3.05, 3.63) is 60.7 Å². The summed E-state index contributed by atoms with van der Waals surface area (Å²) in [5.41, 5.74) is -3.07. The zero-order chi connectivity index (χ0) is 22.9. The lowest BCUT2D eigenvalue weighted by atomic mass is 9.71. The topological polar surface area (TPSA) is 99.5 Å². The van der Waals surface area contributed by atoms with Gasteiger partial charge in [0.05, 0.1) is 22.6 Å². The second kappa shape index (κ2) is 8.39. The summed E-state index contributed by atoms with van der Waals surface area (Å²) in [6.45, 7) is 6.33. The molecule has 8 heteroatoms. The van der Waals surface area contributed by atoms with Crippen LogP contribution in [0.5, 0.6) is 0 Å². The number of hydrazine groups is 1. The first-order valence-electron chi connectivity index (χ1n) is 10.0. The summed E-state index contributed by atoms with van der Waals surface area (Å²) in [5.74, 6) is -0.995. The Kier molecular flexibility index (Phi) is 6.20. The van der Waals surface area contributed by atoms with Crippen molar-refractivity contribution < 1.29 is 29.9 Å². The first-order chi connectivity index (χ1) is 14.6. The molecule has 2 aromatic rings. The largest absolute Gasteiger partial charge is 0.271 e. The summed E-state index contributed by atoms with van der Waals surface area (Å²) in [6, 6.07) is 17.7. The second-order valence-corrected chi connectivity index (χ2v) is 9.04. The predicted molar refractivity (Wildman–Crippen MR) is 115 cm³/mol. The molecule has 31 heavy (non-hydrogen) atoms. The summed E-state index contributed by atoms with van der Waals surface area (Å²) in [6.07, 6.45) is -0.263. The number of para-hydroxylation sites is 2. The number of carbonyl (C=O) groups is 2. The zero-order valence-corrected chi connectivity index (χ0v) is 18.1. The van der Waals surface area contributed by atoms with Crippen LogP contribution in [0, 0.1) is 5.41 Å². The highest BCUT2D eigenvalue weighted by molar-refractivity contribution is 6.26. The molecule has 1 aliphatic rings. The van der Waals surface area contributed by atoms with Crippen molar-refractivity contribution in [1.29, 1.82) is 0 Å². The van der Waals surface area contributed by atoms with Gasteiger partial charge in [0.15, 0.2) is 0 Å². The number of benzene rings is 2. The van der Waals surface area contributed by atoms with Gasteiger partial charge >= 0.3 is 0 Å². The third-order valence-corrected chi connectivity index (χ3v) is 5.35. The molecular weight excluding hydrogens is 400 g/mol. The van der Waals surface area contributed by atoms with Gasteiger partial charge in [0.2, 0.25) is 0 Å². The van der Waals surface area contributed by atoms with E-state index >= 15 is 0 Å². The summed E-state index contributed by atoms with van der Waals surface area (Å²) in [5, 5.41) is 21.5. The van der Waals surface area contributed by atoms with E-state index in [2.05, 4.69) is 9.78 Å². The van der Waals surface area contributed by atoms with Gasteiger partial charge in [-0.2, -0.15) is 0 Å². The van der Waals surface area contributed by atoms with E-state index < -0.39 is 28.4 Å². The van der Waals surface area contributed by atoms with E-state index in [1.807, 2.05) is 12.1 Å². The van der Waals surface area contributed by atoms with Gasteiger partial charge in [-0.3, -0.25) is 20.1 Å². The molecule has 0 unspecified atom stereocenters. The third kappa shape index (κ3) is 4.33. The van der Waals surface area contributed by atoms with Crippen LogP contribution in [0.4, 0.5) is 11.4 Å². The van der Waals surface area contributed by atoms with Crippen LogP contribution in [0.25, 0.3) is 0 Å². The number of amides is 2. The van der Waals surface area contributed by atoms with Crippen LogP contribution in [0.15, 0.2) is 60.7 Å². The maximum atomic E-state index is 14.0. The van der Waals surface area contributed by atoms with Gasteiger partial charge in [-0.05, 0) is 52.0 Å². The fourth-order valence-electron chi connectivity index (χ4n) is 4.17. The fourth-order valence-corrected chi connectivity index (χ4v) is 4.17. The van der Waals surface area contributed by atoms with E-state index in [-0.39, 0.29) is 12.8 Å². The van der Waals surface area contributed by atoms with Crippen LogP contribution < -0.4 is 10.0 Å². The Labute approximate surface area is 181 Å². The molecule has 1 heterocycles. The van der Waals surface area contributed by atoms with Crippen molar-refractivity contribution >= 4 is 23.2 Å². The maximum Gasteiger partial charge on any atom is 0.262 e. The molecule has 2 aromatic carbocycles. The lowest BCUT2D eigenvalue weighted by molar-refractivity contribution is -0.328. The van der Waals surface area contributed by atoms with Crippen LogP contribution in [0.3, 0.4) is 0 Å². The molecule has 1 saturated heterocycles. The molecule has 8 nitrogen and oxygen atoms in total. The van der Waals surface area contributed by atoms with Gasteiger partial charge < -0.3 is 0 Å². The van der Waals surface area contributed by atoms with E-state index in [0.29, 0.717) is 11.4 Å². The average Bonchev–Trinajstić information content (AvgIpc) is 2.96. The Morgan fingerprint density at radius 1 is 0.710 bits per heavy atom. The zero-order valence-electron chi connectivity index (χ0n) is 18.1. The molecule has 2 N–H and O–H groups in total. The Hall–Kier alpha value is -2.78. The molecule has 0 spiro atoms. The van der Waals surface area contributed by atoms with Gasteiger partial charge in [0.25, 0.3) is 11.8 Å². The van der Waals surface area contributed by atoms with Crippen molar-refractivity contribution in [3.8, 4) is 0 Å². The fraction of sp³-hybridized carbons (Fsp3) is 0.391. The van der Waals surface area contributed by atoms with Crippen LogP contribution in [-0.2, 0) is 19.4 Å². The molecule has 1 aliphatic heterocycles. The molecule has 0 aromatic heterocycles. The third-order valence-electron chi connectivity index (χ3n) is 5.35. The van der Waals surface area contributed by atoms with E-state index in [9.17, 15) is 20.1 Å². The van der Waals surface area contributed by atoms with Gasteiger partial charge in [0.1, 0.15) is 5.41 Å². The SMILES string of the molecule is CC(C)(CC1(CC(C)(C)OO)C(=O)N(c2ccccc2)N(c2ccccc2)C1=O)OO. The molecule has 0 radical (unpaired) electrons. The average molecular weight is 428 g/mol. The normalized spacial score (nSPS) is 16.8.